The SMILES string of the molecule is CC(=O)NC1C(N)C(F)C(F)(C(=O)O)OC1C(O)C(O)CO. The molecule has 1 heterocycles. The number of ether oxygens (including phenoxy) is 1. The third-order valence-corrected chi connectivity index (χ3v) is 3.35. The number of amides is 1. The number of aliphatic hydroxyl groups is 3. The minimum atomic E-state index is -3.87. The molecule has 11 heteroatoms. The molecule has 1 rings (SSSR count). The van der Waals surface area contributed by atoms with Crippen molar-refractivity contribution in [2.75, 3.05) is 6.61 Å². The summed E-state index contributed by atoms with van der Waals surface area (Å²) in [5.74, 6) is -6.91. The number of hydrogen-bond donors (Lipinski definition) is 6. The highest BCUT2D eigenvalue weighted by molar-refractivity contribution is 5.77. The van der Waals surface area contributed by atoms with Gasteiger partial charge in [0, 0.05) is 6.92 Å². The number of carboxylic acids is 1. The van der Waals surface area contributed by atoms with E-state index in [1.54, 1.807) is 0 Å². The number of nitrogens with two attached hydrogens (primary N) is 1. The van der Waals surface area contributed by atoms with Crippen molar-refractivity contribution in [1.29, 1.82) is 0 Å². The largest absolute Gasteiger partial charge is 0.477 e. The van der Waals surface area contributed by atoms with E-state index in [9.17, 15) is 28.6 Å². The lowest BCUT2D eigenvalue weighted by Crippen LogP contribution is -2.73. The first kappa shape index (κ1) is 18.6. The number of aliphatic hydroxyl groups excluding tert-OH is 3. The van der Waals surface area contributed by atoms with Gasteiger partial charge in [-0.1, -0.05) is 0 Å². The summed E-state index contributed by atoms with van der Waals surface area (Å²) in [7, 11) is 0. The van der Waals surface area contributed by atoms with Gasteiger partial charge in [0.05, 0.1) is 18.7 Å². The summed E-state index contributed by atoms with van der Waals surface area (Å²) in [5, 5.41) is 38.9. The predicted molar refractivity (Wildman–Crippen MR) is 65.9 cm³/mol. The second-order valence-electron chi connectivity index (χ2n) is 4.98. The molecule has 0 radical (unpaired) electrons. The van der Waals surface area contributed by atoms with E-state index in [0.29, 0.717) is 0 Å². The average Bonchev–Trinajstić information content (AvgIpc) is 2.45. The molecule has 1 fully saturated rings. The van der Waals surface area contributed by atoms with Gasteiger partial charge >= 0.3 is 11.8 Å². The fourth-order valence-electron chi connectivity index (χ4n) is 2.18. The number of rotatable bonds is 5. The van der Waals surface area contributed by atoms with E-state index in [-0.39, 0.29) is 0 Å². The first-order chi connectivity index (χ1) is 10.1. The van der Waals surface area contributed by atoms with E-state index in [1.807, 2.05) is 0 Å². The van der Waals surface area contributed by atoms with Gasteiger partial charge in [-0.05, 0) is 0 Å². The normalized spacial score (nSPS) is 38.1. The Balaban J connectivity index is 3.19. The van der Waals surface area contributed by atoms with Crippen molar-refractivity contribution in [3.05, 3.63) is 0 Å². The molecule has 0 bridgehead atoms. The predicted octanol–water partition coefficient (Wildman–Crippen LogP) is -2.98. The van der Waals surface area contributed by atoms with Crippen LogP contribution in [0.4, 0.5) is 8.78 Å². The molecule has 0 aromatic heterocycles. The molecular formula is C11H18F2N2O7. The van der Waals surface area contributed by atoms with Gasteiger partial charge in [-0.2, -0.15) is 4.39 Å². The molecule has 0 aliphatic carbocycles. The van der Waals surface area contributed by atoms with E-state index >= 15 is 0 Å². The zero-order valence-corrected chi connectivity index (χ0v) is 11.5. The summed E-state index contributed by atoms with van der Waals surface area (Å²) in [5.41, 5.74) is 5.43. The minimum absolute atomic E-state index is 0.728. The fourth-order valence-corrected chi connectivity index (χ4v) is 2.18. The van der Waals surface area contributed by atoms with Gasteiger partial charge in [0.25, 0.3) is 0 Å². The topological polar surface area (TPSA) is 162 Å². The first-order valence-corrected chi connectivity index (χ1v) is 6.30. The van der Waals surface area contributed by atoms with E-state index in [2.05, 4.69) is 10.1 Å². The number of carbonyl (C=O) groups excluding carboxylic acids is 1. The van der Waals surface area contributed by atoms with Crippen LogP contribution in [0.15, 0.2) is 0 Å². The number of carboxylic acid groups (broad SMARTS) is 1. The van der Waals surface area contributed by atoms with Crippen LogP contribution < -0.4 is 11.1 Å². The van der Waals surface area contributed by atoms with Gasteiger partial charge in [-0.3, -0.25) is 4.79 Å². The molecule has 0 saturated carbocycles. The Bertz CT molecular complexity index is 441. The van der Waals surface area contributed by atoms with Gasteiger partial charge in [0.1, 0.15) is 18.3 Å². The van der Waals surface area contributed by atoms with Crippen molar-refractivity contribution in [2.24, 2.45) is 5.73 Å². The molecule has 1 aliphatic rings. The number of halogens is 2. The maximum atomic E-state index is 14.2. The van der Waals surface area contributed by atoms with Crippen LogP contribution in [0.1, 0.15) is 6.92 Å². The first-order valence-electron chi connectivity index (χ1n) is 6.30. The summed E-state index contributed by atoms with van der Waals surface area (Å²) in [4.78, 5) is 22.0. The molecule has 22 heavy (non-hydrogen) atoms. The lowest BCUT2D eigenvalue weighted by molar-refractivity contribution is -0.276. The summed E-state index contributed by atoms with van der Waals surface area (Å²) >= 11 is 0. The van der Waals surface area contributed by atoms with Crippen molar-refractivity contribution < 1.29 is 43.5 Å². The van der Waals surface area contributed by atoms with Crippen molar-refractivity contribution in [2.45, 2.75) is 49.3 Å². The van der Waals surface area contributed by atoms with Gasteiger partial charge in [-0.25, -0.2) is 9.18 Å². The molecule has 0 aromatic rings. The Hall–Kier alpha value is -1.40. The fraction of sp³-hybridized carbons (Fsp3) is 0.818. The zero-order chi connectivity index (χ0) is 17.2. The molecule has 1 amide bonds. The maximum Gasteiger partial charge on any atom is 0.372 e. The van der Waals surface area contributed by atoms with Crippen LogP contribution in [0.5, 0.6) is 0 Å². The van der Waals surface area contributed by atoms with Crippen LogP contribution in [-0.4, -0.2) is 81.3 Å². The van der Waals surface area contributed by atoms with Gasteiger partial charge in [0.15, 0.2) is 6.17 Å². The number of aliphatic carboxylic acids is 1. The van der Waals surface area contributed by atoms with Crippen LogP contribution in [-0.2, 0) is 14.3 Å². The summed E-state index contributed by atoms with van der Waals surface area (Å²) in [6, 6.07) is -3.39. The second-order valence-corrected chi connectivity index (χ2v) is 4.98. The quantitative estimate of drug-likeness (QED) is 0.311. The molecule has 128 valence electrons. The molecule has 1 aliphatic heterocycles. The molecule has 7 unspecified atom stereocenters. The smallest absolute Gasteiger partial charge is 0.372 e. The number of nitrogens with one attached hydrogen (secondary N) is 1. The Morgan fingerprint density at radius 1 is 1.45 bits per heavy atom. The highest BCUT2D eigenvalue weighted by Crippen LogP contribution is 2.34. The van der Waals surface area contributed by atoms with E-state index < -0.39 is 60.9 Å². The molecule has 0 aromatic carbocycles. The van der Waals surface area contributed by atoms with Crippen LogP contribution >= 0.6 is 0 Å². The highest BCUT2D eigenvalue weighted by Gasteiger charge is 2.62. The van der Waals surface area contributed by atoms with Crippen molar-refractivity contribution in [3.8, 4) is 0 Å². The summed E-state index contributed by atoms with van der Waals surface area (Å²) < 4.78 is 32.6. The lowest BCUT2D eigenvalue weighted by atomic mass is 9.86. The van der Waals surface area contributed by atoms with Gasteiger partial charge in [0.2, 0.25) is 5.91 Å². The molecule has 7 N–H and O–H groups in total. The van der Waals surface area contributed by atoms with Gasteiger partial charge < -0.3 is 36.2 Å². The number of carbonyl (C=O) groups is 2. The van der Waals surface area contributed by atoms with Crippen molar-refractivity contribution >= 4 is 11.9 Å². The zero-order valence-electron chi connectivity index (χ0n) is 11.5. The van der Waals surface area contributed by atoms with Crippen LogP contribution in [0, 0.1) is 0 Å². The van der Waals surface area contributed by atoms with Crippen molar-refractivity contribution in [3.63, 3.8) is 0 Å². The van der Waals surface area contributed by atoms with E-state index in [0.717, 1.165) is 6.92 Å². The summed E-state index contributed by atoms with van der Waals surface area (Å²) in [6.45, 7) is 0.0643. The van der Waals surface area contributed by atoms with Crippen LogP contribution in [0.25, 0.3) is 0 Å². The van der Waals surface area contributed by atoms with Crippen LogP contribution in [0.2, 0.25) is 0 Å². The standard InChI is InChI=1S/C11H18F2N2O7/c1-3(17)15-6-5(14)9(12)11(13,10(20)21)22-8(6)7(19)4(18)2-16/h4-9,16,18-19H,2,14H2,1H3,(H,15,17)(H,20,21). The minimum Gasteiger partial charge on any atom is -0.477 e. The maximum absolute atomic E-state index is 14.2. The molecule has 7 atom stereocenters. The van der Waals surface area contributed by atoms with E-state index in [4.69, 9.17) is 15.9 Å². The third kappa shape index (κ3) is 3.33. The Labute approximate surface area is 123 Å². The number of alkyl halides is 2. The molecule has 1 saturated heterocycles. The summed E-state index contributed by atoms with van der Waals surface area (Å²) in [6.07, 6.45) is -8.59. The molecular weight excluding hydrogens is 310 g/mol. The number of hydrogen-bond acceptors (Lipinski definition) is 7. The average molecular weight is 328 g/mol. The lowest BCUT2D eigenvalue weighted by Gasteiger charge is -2.45. The Morgan fingerprint density at radius 3 is 2.41 bits per heavy atom. The Morgan fingerprint density at radius 2 is 2.00 bits per heavy atom. The third-order valence-electron chi connectivity index (χ3n) is 3.35. The molecule has 9 nitrogen and oxygen atoms in total. The highest BCUT2D eigenvalue weighted by atomic mass is 19.2. The van der Waals surface area contributed by atoms with Crippen molar-refractivity contribution in [1.82, 2.24) is 5.32 Å². The van der Waals surface area contributed by atoms with Gasteiger partial charge in [-0.15, -0.1) is 0 Å². The van der Waals surface area contributed by atoms with Crippen LogP contribution in [0.3, 0.4) is 0 Å². The van der Waals surface area contributed by atoms with E-state index in [1.165, 1.54) is 0 Å². The monoisotopic (exact) mass is 328 g/mol. The second kappa shape index (κ2) is 6.79. The molecule has 0 spiro atoms. The Kier molecular flexibility index (Phi) is 5.76.